The molecule has 0 spiro atoms. The fourth-order valence-electron chi connectivity index (χ4n) is 4.48. The zero-order chi connectivity index (χ0) is 22.2. The van der Waals surface area contributed by atoms with Crippen LogP contribution in [0.4, 0.5) is 0 Å². The largest absolute Gasteiger partial charge is 0.547 e. The van der Waals surface area contributed by atoms with Gasteiger partial charge in [-0.1, -0.05) is 19.1 Å². The van der Waals surface area contributed by atoms with Crippen LogP contribution in [-0.4, -0.2) is 60.7 Å². The molecule has 0 radical (unpaired) electrons. The first kappa shape index (κ1) is 23.6. The lowest BCUT2D eigenvalue weighted by Crippen LogP contribution is -2.53. The molecule has 3 rings (SSSR count). The molecule has 1 heterocycles. The van der Waals surface area contributed by atoms with Gasteiger partial charge in [0, 0.05) is 25.6 Å². The Kier molecular flexibility index (Phi) is 8.74. The number of fused-ring (bicyclic) bond motifs is 1. The van der Waals surface area contributed by atoms with E-state index in [2.05, 4.69) is 22.9 Å². The zero-order valence-electron chi connectivity index (χ0n) is 18.2. The second-order valence-electron chi connectivity index (χ2n) is 8.61. The molecule has 1 aromatic carbocycles. The van der Waals surface area contributed by atoms with E-state index >= 15 is 0 Å². The summed E-state index contributed by atoms with van der Waals surface area (Å²) in [4.78, 5) is 23.9. The standard InChI is InChI=1S/C22H34BN3O5/c1-2-10-24-11-12-25-17-8-6-15(7-9-17)13-20(27)26-19-14-16-4-3-5-18(22(28)29)21(16)31-23(19)30/h3-5,15,17,19,24-25,30H,2,6-14H2,1H3,(H,26,27)(H,28,29)/t15-,17-,19-/m0/s1. The summed E-state index contributed by atoms with van der Waals surface area (Å²) < 4.78 is 5.45. The van der Waals surface area contributed by atoms with Gasteiger partial charge in [-0.25, -0.2) is 4.79 Å². The summed E-state index contributed by atoms with van der Waals surface area (Å²) >= 11 is 0. The highest BCUT2D eigenvalue weighted by atomic mass is 16.5. The third kappa shape index (κ3) is 6.69. The smallest absolute Gasteiger partial charge is 0.534 e. The van der Waals surface area contributed by atoms with Crippen molar-refractivity contribution in [3.63, 3.8) is 0 Å². The van der Waals surface area contributed by atoms with Gasteiger partial charge >= 0.3 is 13.1 Å². The van der Waals surface area contributed by atoms with Gasteiger partial charge in [0.25, 0.3) is 0 Å². The van der Waals surface area contributed by atoms with Gasteiger partial charge in [0.1, 0.15) is 5.75 Å². The lowest BCUT2D eigenvalue weighted by Gasteiger charge is -2.31. The number of hydrogen-bond acceptors (Lipinski definition) is 6. The van der Waals surface area contributed by atoms with E-state index in [0.717, 1.165) is 51.7 Å². The van der Waals surface area contributed by atoms with Crippen LogP contribution in [0.15, 0.2) is 18.2 Å². The van der Waals surface area contributed by atoms with Crippen molar-refractivity contribution in [1.29, 1.82) is 0 Å². The number of carbonyl (C=O) groups excluding carboxylic acids is 1. The van der Waals surface area contributed by atoms with Crippen LogP contribution >= 0.6 is 0 Å². The first-order valence-corrected chi connectivity index (χ1v) is 11.4. The Morgan fingerprint density at radius 3 is 2.65 bits per heavy atom. The molecule has 5 N–H and O–H groups in total. The summed E-state index contributed by atoms with van der Waals surface area (Å²) in [5.41, 5.74) is 0.698. The van der Waals surface area contributed by atoms with Crippen LogP contribution in [0.2, 0.25) is 0 Å². The molecule has 1 aliphatic heterocycles. The van der Waals surface area contributed by atoms with Crippen molar-refractivity contribution in [1.82, 2.24) is 16.0 Å². The Morgan fingerprint density at radius 1 is 1.16 bits per heavy atom. The topological polar surface area (TPSA) is 120 Å². The molecule has 9 heteroatoms. The number of carbonyl (C=O) groups is 2. The van der Waals surface area contributed by atoms with Crippen LogP contribution in [0.1, 0.15) is 61.4 Å². The number of benzene rings is 1. The molecule has 31 heavy (non-hydrogen) atoms. The predicted molar refractivity (Wildman–Crippen MR) is 119 cm³/mol. The van der Waals surface area contributed by atoms with Gasteiger partial charge in [-0.3, -0.25) is 4.79 Å². The molecule has 0 unspecified atom stereocenters. The maximum Gasteiger partial charge on any atom is 0.547 e. The minimum atomic E-state index is -1.27. The fraction of sp³-hybridized carbons (Fsp3) is 0.636. The van der Waals surface area contributed by atoms with Crippen LogP contribution in [0.25, 0.3) is 0 Å². The van der Waals surface area contributed by atoms with Crippen molar-refractivity contribution >= 4 is 19.0 Å². The van der Waals surface area contributed by atoms with Gasteiger partial charge < -0.3 is 30.7 Å². The average Bonchev–Trinajstić information content (AvgIpc) is 2.74. The minimum absolute atomic E-state index is 0.0211. The number of carboxylic acid groups (broad SMARTS) is 1. The van der Waals surface area contributed by atoms with Crippen molar-refractivity contribution in [2.75, 3.05) is 19.6 Å². The quantitative estimate of drug-likeness (QED) is 0.280. The van der Waals surface area contributed by atoms with E-state index in [9.17, 15) is 19.7 Å². The molecule has 1 saturated carbocycles. The zero-order valence-corrected chi connectivity index (χ0v) is 18.2. The van der Waals surface area contributed by atoms with Gasteiger partial charge in [-0.15, -0.1) is 0 Å². The summed E-state index contributed by atoms with van der Waals surface area (Å²) in [6.07, 6.45) is 6.11. The lowest BCUT2D eigenvalue weighted by atomic mass is 9.72. The third-order valence-electron chi connectivity index (χ3n) is 6.18. The normalized spacial score (nSPS) is 23.0. The number of aromatic carboxylic acids is 1. The van der Waals surface area contributed by atoms with E-state index in [1.54, 1.807) is 12.1 Å². The monoisotopic (exact) mass is 431 g/mol. The molecule has 1 amide bonds. The van der Waals surface area contributed by atoms with E-state index in [1.165, 1.54) is 6.07 Å². The fourth-order valence-corrected chi connectivity index (χ4v) is 4.48. The van der Waals surface area contributed by atoms with E-state index < -0.39 is 19.0 Å². The molecule has 1 atom stereocenters. The van der Waals surface area contributed by atoms with Gasteiger partial charge in [0.05, 0.1) is 11.5 Å². The Hall–Kier alpha value is -2.10. The van der Waals surface area contributed by atoms with Crippen molar-refractivity contribution < 1.29 is 24.4 Å². The maximum absolute atomic E-state index is 12.6. The number of para-hydroxylation sites is 1. The maximum atomic E-state index is 12.6. The van der Waals surface area contributed by atoms with E-state index in [0.29, 0.717) is 30.4 Å². The third-order valence-corrected chi connectivity index (χ3v) is 6.18. The highest BCUT2D eigenvalue weighted by Gasteiger charge is 2.38. The van der Waals surface area contributed by atoms with Crippen molar-refractivity contribution in [3.8, 4) is 5.75 Å². The molecule has 1 aliphatic carbocycles. The van der Waals surface area contributed by atoms with Crippen LogP contribution < -0.4 is 20.6 Å². The summed E-state index contributed by atoms with van der Waals surface area (Å²) in [7, 11) is -1.27. The molecule has 0 bridgehead atoms. The Bertz CT molecular complexity index is 755. The molecule has 2 aliphatic rings. The summed E-state index contributed by atoms with van der Waals surface area (Å²) in [6.45, 7) is 5.17. The average molecular weight is 431 g/mol. The Balaban J connectivity index is 1.41. The Morgan fingerprint density at radius 2 is 1.94 bits per heavy atom. The first-order valence-electron chi connectivity index (χ1n) is 11.4. The van der Waals surface area contributed by atoms with Crippen LogP contribution in [-0.2, 0) is 11.2 Å². The van der Waals surface area contributed by atoms with Gasteiger partial charge in [0.15, 0.2) is 0 Å². The van der Waals surface area contributed by atoms with Gasteiger partial charge in [-0.05, 0) is 62.6 Å². The highest BCUT2D eigenvalue weighted by molar-refractivity contribution is 6.47. The molecule has 1 fully saturated rings. The van der Waals surface area contributed by atoms with E-state index in [-0.39, 0.29) is 17.2 Å². The molecular weight excluding hydrogens is 397 g/mol. The molecule has 170 valence electrons. The molecule has 0 saturated heterocycles. The second-order valence-corrected chi connectivity index (χ2v) is 8.61. The van der Waals surface area contributed by atoms with Crippen LogP contribution in [0.3, 0.4) is 0 Å². The molecule has 0 aromatic heterocycles. The number of hydrogen-bond donors (Lipinski definition) is 5. The summed E-state index contributed by atoms with van der Waals surface area (Å²) in [5, 5.41) is 29.5. The first-order chi connectivity index (χ1) is 15.0. The summed E-state index contributed by atoms with van der Waals surface area (Å²) in [5.74, 6) is -1.25. The minimum Gasteiger partial charge on any atom is -0.534 e. The van der Waals surface area contributed by atoms with Crippen LogP contribution in [0, 0.1) is 5.92 Å². The van der Waals surface area contributed by atoms with E-state index in [1.807, 2.05) is 0 Å². The molecule has 1 aromatic rings. The second kappa shape index (κ2) is 11.5. The van der Waals surface area contributed by atoms with Gasteiger partial charge in [-0.2, -0.15) is 0 Å². The van der Waals surface area contributed by atoms with Crippen molar-refractivity contribution in [2.45, 2.75) is 63.9 Å². The van der Waals surface area contributed by atoms with Crippen LogP contribution in [0.5, 0.6) is 5.75 Å². The number of amides is 1. The number of nitrogens with one attached hydrogen (secondary N) is 3. The lowest BCUT2D eigenvalue weighted by molar-refractivity contribution is -0.122. The molecular formula is C22H34BN3O5. The van der Waals surface area contributed by atoms with Crippen molar-refractivity contribution in [2.24, 2.45) is 5.92 Å². The predicted octanol–water partition coefficient (Wildman–Crippen LogP) is 1.36. The summed E-state index contributed by atoms with van der Waals surface area (Å²) in [6, 6.07) is 5.38. The Labute approximate surface area is 184 Å². The molecule has 8 nitrogen and oxygen atoms in total. The van der Waals surface area contributed by atoms with Crippen molar-refractivity contribution in [3.05, 3.63) is 29.3 Å². The van der Waals surface area contributed by atoms with E-state index in [4.69, 9.17) is 4.65 Å². The highest BCUT2D eigenvalue weighted by Crippen LogP contribution is 2.31. The SMILES string of the molecule is CCCNCCN[C@H]1CC[C@H](CC(=O)N[C@H]2Cc3cccc(C(=O)O)c3OB2O)CC1. The number of rotatable bonds is 10. The number of carboxylic acids is 1. The van der Waals surface area contributed by atoms with Gasteiger partial charge in [0.2, 0.25) is 5.91 Å².